The first-order valence-corrected chi connectivity index (χ1v) is 10.3. The molecule has 0 unspecified atom stereocenters. The fourth-order valence-corrected chi connectivity index (χ4v) is 4.09. The molecule has 0 spiro atoms. The summed E-state index contributed by atoms with van der Waals surface area (Å²) in [6.07, 6.45) is 4.35. The van der Waals surface area contributed by atoms with Gasteiger partial charge in [0.1, 0.15) is 11.3 Å². The Morgan fingerprint density at radius 2 is 1.90 bits per heavy atom. The van der Waals surface area contributed by atoms with Gasteiger partial charge >= 0.3 is 5.63 Å². The van der Waals surface area contributed by atoms with E-state index in [0.29, 0.717) is 22.6 Å². The number of amides is 1. The highest BCUT2D eigenvalue weighted by Crippen LogP contribution is 2.33. The number of nitrogens with one attached hydrogen (secondary N) is 2. The van der Waals surface area contributed by atoms with Crippen molar-refractivity contribution in [1.29, 1.82) is 0 Å². The summed E-state index contributed by atoms with van der Waals surface area (Å²) >= 11 is 3.37. The minimum absolute atomic E-state index is 0.114. The van der Waals surface area contributed by atoms with Crippen LogP contribution < -0.4 is 21.0 Å². The smallest absolute Gasteiger partial charge is 0.362 e. The number of methoxy groups -OCH3 is 1. The zero-order chi connectivity index (χ0) is 20.4. The highest BCUT2D eigenvalue weighted by molar-refractivity contribution is 9.10. The van der Waals surface area contributed by atoms with E-state index >= 15 is 0 Å². The number of para-hydroxylation sites is 1. The van der Waals surface area contributed by atoms with Crippen molar-refractivity contribution in [2.45, 2.75) is 31.7 Å². The second kappa shape index (κ2) is 8.29. The van der Waals surface area contributed by atoms with Crippen LogP contribution in [0.5, 0.6) is 5.75 Å². The predicted molar refractivity (Wildman–Crippen MR) is 117 cm³/mol. The van der Waals surface area contributed by atoms with E-state index in [0.717, 1.165) is 35.5 Å². The average molecular weight is 457 g/mol. The molecule has 1 aliphatic rings. The van der Waals surface area contributed by atoms with Gasteiger partial charge in [-0.15, -0.1) is 0 Å². The number of hydrogen-bond acceptors (Lipinski definition) is 5. The molecule has 1 amide bonds. The number of benzene rings is 2. The maximum absolute atomic E-state index is 13.0. The van der Waals surface area contributed by atoms with Crippen LogP contribution in [0.15, 0.2) is 56.1 Å². The van der Waals surface area contributed by atoms with Crippen molar-refractivity contribution in [3.63, 3.8) is 0 Å². The van der Waals surface area contributed by atoms with Crippen LogP contribution in [0.3, 0.4) is 0 Å². The molecule has 1 saturated carbocycles. The van der Waals surface area contributed by atoms with Crippen LogP contribution in [0.2, 0.25) is 0 Å². The highest BCUT2D eigenvalue weighted by Gasteiger charge is 2.23. The molecule has 7 heteroatoms. The summed E-state index contributed by atoms with van der Waals surface area (Å²) in [6, 6.07) is 12.7. The number of rotatable bonds is 5. The summed E-state index contributed by atoms with van der Waals surface area (Å²) in [6.45, 7) is 0. The Balaban J connectivity index is 1.78. The van der Waals surface area contributed by atoms with Gasteiger partial charge in [-0.3, -0.25) is 4.79 Å². The summed E-state index contributed by atoms with van der Waals surface area (Å²) < 4.78 is 11.5. The lowest BCUT2D eigenvalue weighted by atomic mass is 10.1. The van der Waals surface area contributed by atoms with Gasteiger partial charge in [-0.25, -0.2) is 4.79 Å². The molecule has 1 heterocycles. The molecular weight excluding hydrogens is 436 g/mol. The van der Waals surface area contributed by atoms with E-state index < -0.39 is 11.5 Å². The second-order valence-electron chi connectivity index (χ2n) is 7.06. The molecule has 2 N–H and O–H groups in total. The zero-order valence-corrected chi connectivity index (χ0v) is 17.5. The maximum atomic E-state index is 13.0. The number of carbonyl (C=O) groups is 1. The first kappa shape index (κ1) is 19.5. The largest absolute Gasteiger partial charge is 0.496 e. The monoisotopic (exact) mass is 456 g/mol. The molecule has 1 aliphatic carbocycles. The quantitative estimate of drug-likeness (QED) is 0.517. The van der Waals surface area contributed by atoms with Crippen molar-refractivity contribution in [2.75, 3.05) is 17.7 Å². The van der Waals surface area contributed by atoms with E-state index in [-0.39, 0.29) is 11.7 Å². The molecule has 150 valence electrons. The Kier molecular flexibility index (Phi) is 5.58. The lowest BCUT2D eigenvalue weighted by molar-refractivity contribution is 0.102. The number of ether oxygens (including phenoxy) is 1. The molecular formula is C22H21BrN2O4. The summed E-state index contributed by atoms with van der Waals surface area (Å²) in [5, 5.41) is 6.99. The second-order valence-corrected chi connectivity index (χ2v) is 7.98. The maximum Gasteiger partial charge on any atom is 0.362 e. The Labute approximate surface area is 176 Å². The van der Waals surface area contributed by atoms with Gasteiger partial charge in [0.15, 0.2) is 5.69 Å². The fraction of sp³-hybridized carbons (Fsp3) is 0.273. The fourth-order valence-electron chi connectivity index (χ4n) is 3.73. The van der Waals surface area contributed by atoms with Gasteiger partial charge in [-0.1, -0.05) is 40.9 Å². The number of hydrogen-bond donors (Lipinski definition) is 2. The Hall–Kier alpha value is -2.80. The van der Waals surface area contributed by atoms with Gasteiger partial charge in [0.05, 0.1) is 18.4 Å². The van der Waals surface area contributed by atoms with Crippen molar-refractivity contribution < 1.29 is 13.9 Å². The van der Waals surface area contributed by atoms with Gasteiger partial charge in [-0.05, 0) is 43.2 Å². The summed E-state index contributed by atoms with van der Waals surface area (Å²) in [5.41, 5.74) is 0.928. The van der Waals surface area contributed by atoms with Crippen LogP contribution in [0.1, 0.15) is 36.0 Å². The van der Waals surface area contributed by atoms with E-state index in [9.17, 15) is 9.59 Å². The zero-order valence-electron chi connectivity index (χ0n) is 16.0. The topological polar surface area (TPSA) is 80.6 Å². The SMILES string of the molecule is COc1ccc(Br)cc1C(=O)Nc1c(NC2CCCC2)c2ccccc2oc1=O. The van der Waals surface area contributed by atoms with Crippen molar-refractivity contribution >= 4 is 44.2 Å². The Morgan fingerprint density at radius 1 is 1.14 bits per heavy atom. The van der Waals surface area contributed by atoms with Crippen molar-refractivity contribution in [3.05, 3.63) is 62.9 Å². The lowest BCUT2D eigenvalue weighted by Crippen LogP contribution is -2.23. The van der Waals surface area contributed by atoms with E-state index in [1.807, 2.05) is 18.2 Å². The van der Waals surface area contributed by atoms with Gasteiger partial charge in [0.2, 0.25) is 0 Å². The molecule has 4 rings (SSSR count). The lowest BCUT2D eigenvalue weighted by Gasteiger charge is -2.19. The number of carbonyl (C=O) groups excluding carboxylic acids is 1. The molecule has 0 aliphatic heterocycles. The van der Waals surface area contributed by atoms with Crippen LogP contribution in [0, 0.1) is 0 Å². The minimum Gasteiger partial charge on any atom is -0.496 e. The van der Waals surface area contributed by atoms with Gasteiger partial charge < -0.3 is 19.8 Å². The van der Waals surface area contributed by atoms with Crippen LogP contribution in [0.4, 0.5) is 11.4 Å². The van der Waals surface area contributed by atoms with Crippen LogP contribution in [-0.4, -0.2) is 19.1 Å². The number of halogens is 1. The summed E-state index contributed by atoms with van der Waals surface area (Å²) in [5.74, 6) is -0.0265. The van der Waals surface area contributed by atoms with Crippen molar-refractivity contribution in [3.8, 4) is 5.75 Å². The van der Waals surface area contributed by atoms with E-state index in [1.165, 1.54) is 7.11 Å². The molecule has 0 radical (unpaired) electrons. The molecule has 0 saturated heterocycles. The average Bonchev–Trinajstić information content (AvgIpc) is 3.23. The molecule has 2 aromatic carbocycles. The molecule has 1 aromatic heterocycles. The Morgan fingerprint density at radius 3 is 2.66 bits per heavy atom. The highest BCUT2D eigenvalue weighted by atomic mass is 79.9. The number of anilines is 2. The molecule has 3 aromatic rings. The molecule has 0 atom stereocenters. The van der Waals surface area contributed by atoms with Gasteiger partial charge in [-0.2, -0.15) is 0 Å². The Bertz CT molecular complexity index is 1120. The number of fused-ring (bicyclic) bond motifs is 1. The molecule has 29 heavy (non-hydrogen) atoms. The minimum atomic E-state index is -0.591. The third-order valence-corrected chi connectivity index (χ3v) is 5.65. The van der Waals surface area contributed by atoms with E-state index in [2.05, 4.69) is 26.6 Å². The van der Waals surface area contributed by atoms with Gasteiger partial charge in [0, 0.05) is 15.9 Å². The third-order valence-electron chi connectivity index (χ3n) is 5.16. The third kappa shape index (κ3) is 4.00. The summed E-state index contributed by atoms with van der Waals surface area (Å²) in [7, 11) is 1.50. The first-order chi connectivity index (χ1) is 14.1. The van der Waals surface area contributed by atoms with Gasteiger partial charge in [0.25, 0.3) is 5.91 Å². The van der Waals surface area contributed by atoms with Crippen LogP contribution >= 0.6 is 15.9 Å². The summed E-state index contributed by atoms with van der Waals surface area (Å²) in [4.78, 5) is 25.8. The normalized spacial score (nSPS) is 14.1. The standard InChI is InChI=1S/C22H21BrN2O4/c1-28-17-11-10-13(23)12-16(17)21(26)25-20-19(24-14-6-2-3-7-14)15-8-4-5-9-18(15)29-22(20)27/h4-5,8-12,14,24H,2-3,6-7H2,1H3,(H,25,26). The molecule has 1 fully saturated rings. The first-order valence-electron chi connectivity index (χ1n) is 9.54. The van der Waals surface area contributed by atoms with Crippen molar-refractivity contribution in [1.82, 2.24) is 0 Å². The van der Waals surface area contributed by atoms with Crippen LogP contribution in [-0.2, 0) is 0 Å². The van der Waals surface area contributed by atoms with E-state index in [1.54, 1.807) is 24.3 Å². The predicted octanol–water partition coefficient (Wildman–Crippen LogP) is 5.17. The molecule has 6 nitrogen and oxygen atoms in total. The molecule has 0 bridgehead atoms. The van der Waals surface area contributed by atoms with Crippen LogP contribution in [0.25, 0.3) is 11.0 Å². The van der Waals surface area contributed by atoms with E-state index in [4.69, 9.17) is 9.15 Å². The van der Waals surface area contributed by atoms with Crippen molar-refractivity contribution in [2.24, 2.45) is 0 Å².